The minimum Gasteiger partial charge on any atom is -0.366 e. The molecule has 1 fully saturated rings. The molecule has 1 saturated heterocycles. The highest BCUT2D eigenvalue weighted by Crippen LogP contribution is 2.25. The summed E-state index contributed by atoms with van der Waals surface area (Å²) in [6.07, 6.45) is 1.54. The number of hydrogen-bond donors (Lipinski definition) is 2. The molecule has 6 nitrogen and oxygen atoms in total. The number of primary amides is 1. The van der Waals surface area contributed by atoms with E-state index in [9.17, 15) is 14.0 Å². The van der Waals surface area contributed by atoms with Gasteiger partial charge in [-0.25, -0.2) is 4.39 Å². The fourth-order valence-electron chi connectivity index (χ4n) is 3.02. The van der Waals surface area contributed by atoms with Gasteiger partial charge in [0.1, 0.15) is 11.5 Å². The Balaban J connectivity index is 1.93. The molecular formula is C17H19FN4O2. The molecule has 24 heavy (non-hydrogen) atoms. The average Bonchev–Trinajstić information content (AvgIpc) is 2.96. The van der Waals surface area contributed by atoms with E-state index in [1.807, 2.05) is 0 Å². The average molecular weight is 330 g/mol. The lowest BCUT2D eigenvalue weighted by Gasteiger charge is -2.36. The Morgan fingerprint density at radius 2 is 2.12 bits per heavy atom. The lowest BCUT2D eigenvalue weighted by Crippen LogP contribution is -2.49. The molecule has 0 spiro atoms. The number of carbonyl (C=O) groups excluding carboxylic acids is 2. The first-order chi connectivity index (χ1) is 11.5. The van der Waals surface area contributed by atoms with Crippen molar-refractivity contribution in [3.63, 3.8) is 0 Å². The number of hydrogen-bond acceptors (Lipinski definition) is 3. The predicted molar refractivity (Wildman–Crippen MR) is 87.0 cm³/mol. The monoisotopic (exact) mass is 330 g/mol. The van der Waals surface area contributed by atoms with Crippen LogP contribution in [0.2, 0.25) is 0 Å². The SMILES string of the molecule is Cn1cc(C(N)=O)cc1C(=O)N1CCNCC1c1cccc(F)c1. The molecule has 0 saturated carbocycles. The van der Waals surface area contributed by atoms with Gasteiger partial charge in [0.15, 0.2) is 0 Å². The van der Waals surface area contributed by atoms with Gasteiger partial charge in [0, 0.05) is 32.9 Å². The van der Waals surface area contributed by atoms with Gasteiger partial charge in [0.25, 0.3) is 5.91 Å². The second kappa shape index (κ2) is 6.45. The zero-order valence-corrected chi connectivity index (χ0v) is 13.3. The third-order valence-corrected chi connectivity index (χ3v) is 4.25. The molecule has 2 amide bonds. The molecule has 1 aromatic carbocycles. The smallest absolute Gasteiger partial charge is 0.271 e. The van der Waals surface area contributed by atoms with Crippen molar-refractivity contribution in [1.29, 1.82) is 0 Å². The number of benzene rings is 1. The third kappa shape index (κ3) is 3.03. The number of carbonyl (C=O) groups is 2. The van der Waals surface area contributed by atoms with Crippen molar-refractivity contribution >= 4 is 11.8 Å². The highest BCUT2D eigenvalue weighted by molar-refractivity contribution is 5.99. The van der Waals surface area contributed by atoms with Crippen LogP contribution in [0.25, 0.3) is 0 Å². The summed E-state index contributed by atoms with van der Waals surface area (Å²) >= 11 is 0. The van der Waals surface area contributed by atoms with Crippen LogP contribution in [-0.4, -0.2) is 40.9 Å². The van der Waals surface area contributed by atoms with Gasteiger partial charge in [0.05, 0.1) is 11.6 Å². The highest BCUT2D eigenvalue weighted by Gasteiger charge is 2.30. The second-order valence-electron chi connectivity index (χ2n) is 5.86. The minimum absolute atomic E-state index is 0.208. The van der Waals surface area contributed by atoms with Gasteiger partial charge >= 0.3 is 0 Å². The van der Waals surface area contributed by atoms with Crippen molar-refractivity contribution in [3.05, 3.63) is 59.2 Å². The van der Waals surface area contributed by atoms with Crippen LogP contribution in [0.4, 0.5) is 4.39 Å². The number of aryl methyl sites for hydroxylation is 1. The number of nitrogens with one attached hydrogen (secondary N) is 1. The standard InChI is InChI=1S/C17H19FN4O2/c1-21-10-12(16(19)23)8-14(21)17(24)22-6-5-20-9-15(22)11-3-2-4-13(18)7-11/h2-4,7-8,10,15,20H,5-6,9H2,1H3,(H2,19,23). The molecule has 126 valence electrons. The van der Waals surface area contributed by atoms with Crippen LogP contribution in [0.15, 0.2) is 36.5 Å². The number of rotatable bonds is 3. The van der Waals surface area contributed by atoms with Gasteiger partial charge in [-0.2, -0.15) is 0 Å². The van der Waals surface area contributed by atoms with Crippen molar-refractivity contribution in [3.8, 4) is 0 Å². The van der Waals surface area contributed by atoms with E-state index >= 15 is 0 Å². The molecule has 3 rings (SSSR count). The van der Waals surface area contributed by atoms with E-state index in [0.29, 0.717) is 30.9 Å². The van der Waals surface area contributed by atoms with Gasteiger partial charge < -0.3 is 20.5 Å². The van der Waals surface area contributed by atoms with Gasteiger partial charge in [-0.15, -0.1) is 0 Å². The summed E-state index contributed by atoms with van der Waals surface area (Å²) in [7, 11) is 1.69. The number of aromatic nitrogens is 1. The van der Waals surface area contributed by atoms with Crippen LogP contribution in [0.5, 0.6) is 0 Å². The van der Waals surface area contributed by atoms with Crippen LogP contribution in [-0.2, 0) is 7.05 Å². The van der Waals surface area contributed by atoms with Crippen molar-refractivity contribution in [1.82, 2.24) is 14.8 Å². The molecule has 1 aromatic heterocycles. The number of nitrogens with zero attached hydrogens (tertiary/aromatic N) is 2. The minimum atomic E-state index is -0.577. The number of halogens is 1. The second-order valence-corrected chi connectivity index (χ2v) is 5.86. The molecule has 2 aromatic rings. The van der Waals surface area contributed by atoms with E-state index in [1.165, 1.54) is 24.4 Å². The fraction of sp³-hybridized carbons (Fsp3) is 0.294. The molecule has 2 heterocycles. The molecule has 3 N–H and O–H groups in total. The maximum Gasteiger partial charge on any atom is 0.271 e. The molecule has 1 unspecified atom stereocenters. The van der Waals surface area contributed by atoms with Gasteiger partial charge in [-0.05, 0) is 23.8 Å². The molecule has 0 radical (unpaired) electrons. The molecule has 1 aliphatic heterocycles. The zero-order chi connectivity index (χ0) is 17.3. The molecule has 7 heteroatoms. The van der Waals surface area contributed by atoms with Crippen molar-refractivity contribution in [2.24, 2.45) is 12.8 Å². The molecule has 1 aliphatic rings. The van der Waals surface area contributed by atoms with Gasteiger partial charge in [-0.1, -0.05) is 12.1 Å². The summed E-state index contributed by atoms with van der Waals surface area (Å²) < 4.78 is 15.1. The lowest BCUT2D eigenvalue weighted by molar-refractivity contribution is 0.0624. The van der Waals surface area contributed by atoms with Crippen LogP contribution >= 0.6 is 0 Å². The summed E-state index contributed by atoms with van der Waals surface area (Å²) in [6.45, 7) is 1.70. The van der Waals surface area contributed by atoms with E-state index in [2.05, 4.69) is 5.32 Å². The first kappa shape index (κ1) is 16.2. The van der Waals surface area contributed by atoms with Gasteiger partial charge in [-0.3, -0.25) is 9.59 Å². The molecule has 1 atom stereocenters. The van der Waals surface area contributed by atoms with Crippen molar-refractivity contribution in [2.45, 2.75) is 6.04 Å². The maximum atomic E-state index is 13.6. The summed E-state index contributed by atoms with van der Waals surface area (Å²) in [4.78, 5) is 26.0. The molecular weight excluding hydrogens is 311 g/mol. The normalized spacial score (nSPS) is 17.8. The zero-order valence-electron chi connectivity index (χ0n) is 13.3. The van der Waals surface area contributed by atoms with E-state index in [4.69, 9.17) is 5.73 Å². The Bertz CT molecular complexity index is 787. The summed E-state index contributed by atoms with van der Waals surface area (Å²) in [5, 5.41) is 3.23. The Morgan fingerprint density at radius 1 is 1.33 bits per heavy atom. The highest BCUT2D eigenvalue weighted by atomic mass is 19.1. The van der Waals surface area contributed by atoms with Crippen LogP contribution in [0.3, 0.4) is 0 Å². The Hall–Kier alpha value is -2.67. The van der Waals surface area contributed by atoms with Crippen LogP contribution < -0.4 is 11.1 Å². The lowest BCUT2D eigenvalue weighted by atomic mass is 10.0. The van der Waals surface area contributed by atoms with E-state index in [-0.39, 0.29) is 17.8 Å². The van der Waals surface area contributed by atoms with Crippen LogP contribution in [0, 0.1) is 5.82 Å². The first-order valence-corrected chi connectivity index (χ1v) is 7.70. The Labute approximate surface area is 139 Å². The van der Waals surface area contributed by atoms with Gasteiger partial charge in [0.2, 0.25) is 5.91 Å². The van der Waals surface area contributed by atoms with E-state index < -0.39 is 5.91 Å². The molecule has 0 bridgehead atoms. The van der Waals surface area contributed by atoms with Crippen LogP contribution in [0.1, 0.15) is 32.5 Å². The summed E-state index contributed by atoms with van der Waals surface area (Å²) in [5.74, 6) is -1.12. The number of amides is 2. The Kier molecular flexibility index (Phi) is 4.35. The van der Waals surface area contributed by atoms with Crippen molar-refractivity contribution in [2.75, 3.05) is 19.6 Å². The first-order valence-electron chi connectivity index (χ1n) is 7.70. The number of piperazine rings is 1. The quantitative estimate of drug-likeness (QED) is 0.883. The van der Waals surface area contributed by atoms with Crippen molar-refractivity contribution < 1.29 is 14.0 Å². The molecule has 0 aliphatic carbocycles. The topological polar surface area (TPSA) is 80.4 Å². The summed E-state index contributed by atoms with van der Waals surface area (Å²) in [5.41, 5.74) is 6.69. The maximum absolute atomic E-state index is 13.6. The third-order valence-electron chi connectivity index (χ3n) is 4.25. The Morgan fingerprint density at radius 3 is 2.79 bits per heavy atom. The predicted octanol–water partition coefficient (Wildman–Crippen LogP) is 1.05. The fourth-order valence-corrected chi connectivity index (χ4v) is 3.02. The van der Waals surface area contributed by atoms with E-state index in [1.54, 1.807) is 28.6 Å². The summed E-state index contributed by atoms with van der Waals surface area (Å²) in [6, 6.07) is 7.49. The largest absolute Gasteiger partial charge is 0.366 e. The van der Waals surface area contributed by atoms with E-state index in [0.717, 1.165) is 5.56 Å². The number of nitrogens with two attached hydrogens (primary N) is 1.